The van der Waals surface area contributed by atoms with Gasteiger partial charge >= 0.3 is 0 Å². The van der Waals surface area contributed by atoms with Gasteiger partial charge in [-0.3, -0.25) is 4.79 Å². The first kappa shape index (κ1) is 17.5. The van der Waals surface area contributed by atoms with Gasteiger partial charge in [0.2, 0.25) is 0 Å². The third kappa shape index (κ3) is 2.79. The average Bonchev–Trinajstić information content (AvgIpc) is 2.72. The molecule has 29 heavy (non-hydrogen) atoms. The molecule has 0 radical (unpaired) electrons. The van der Waals surface area contributed by atoms with Gasteiger partial charge in [-0.1, -0.05) is 24.3 Å². The van der Waals surface area contributed by atoms with E-state index in [1.165, 1.54) is 60.8 Å². The summed E-state index contributed by atoms with van der Waals surface area (Å²) in [5.41, 5.74) is 6.57. The van der Waals surface area contributed by atoms with Gasteiger partial charge < -0.3 is 4.74 Å². The number of carbonyl (C=O) groups excluding carboxylic acids is 1. The summed E-state index contributed by atoms with van der Waals surface area (Å²) in [6, 6.07) is 13.3. The van der Waals surface area contributed by atoms with E-state index < -0.39 is 0 Å². The molecule has 0 atom stereocenters. The van der Waals surface area contributed by atoms with E-state index in [0.29, 0.717) is 11.8 Å². The Balaban J connectivity index is 1.43. The van der Waals surface area contributed by atoms with Crippen molar-refractivity contribution < 1.29 is 9.53 Å². The van der Waals surface area contributed by atoms with Crippen molar-refractivity contribution in [3.63, 3.8) is 0 Å². The number of ether oxygens (including phenoxy) is 1. The van der Waals surface area contributed by atoms with E-state index >= 15 is 0 Å². The van der Waals surface area contributed by atoms with E-state index in [2.05, 4.69) is 36.4 Å². The molecule has 4 saturated carbocycles. The number of hydrogen-bond acceptors (Lipinski definition) is 2. The standard InChI is InChI=1S/C27H28O2/c1-29-26-7-5-23(20-2-3-22-12-24(28)6-4-21(22)11-20)13-25(26)27-14-17-8-18(15-27)10-19(9-17)16-27/h2-7,11,13,17-19H,8-10,12,14-16H2,1H3. The Bertz CT molecular complexity index is 994. The predicted octanol–water partition coefficient (Wildman–Crippen LogP) is 5.97. The number of benzene rings is 2. The van der Waals surface area contributed by atoms with Crippen molar-refractivity contribution in [2.24, 2.45) is 17.8 Å². The summed E-state index contributed by atoms with van der Waals surface area (Å²) in [7, 11) is 1.82. The summed E-state index contributed by atoms with van der Waals surface area (Å²) in [5, 5.41) is 0. The lowest BCUT2D eigenvalue weighted by Gasteiger charge is -2.57. The highest BCUT2D eigenvalue weighted by Crippen LogP contribution is 2.62. The highest BCUT2D eigenvalue weighted by molar-refractivity contribution is 5.98. The van der Waals surface area contributed by atoms with Crippen LogP contribution in [0.3, 0.4) is 0 Å². The van der Waals surface area contributed by atoms with Crippen LogP contribution in [-0.4, -0.2) is 12.9 Å². The fourth-order valence-electron chi connectivity index (χ4n) is 7.26. The largest absolute Gasteiger partial charge is 0.496 e. The smallest absolute Gasteiger partial charge is 0.160 e. The van der Waals surface area contributed by atoms with Gasteiger partial charge in [0.1, 0.15) is 5.75 Å². The molecular weight excluding hydrogens is 356 g/mol. The van der Waals surface area contributed by atoms with Crippen molar-refractivity contribution in [2.45, 2.75) is 50.4 Å². The van der Waals surface area contributed by atoms with Gasteiger partial charge in [-0.05, 0) is 108 Å². The monoisotopic (exact) mass is 384 g/mol. The summed E-state index contributed by atoms with van der Waals surface area (Å²) in [5.74, 6) is 4.01. The summed E-state index contributed by atoms with van der Waals surface area (Å²) in [6.45, 7) is 0. The normalized spacial score (nSPS) is 31.8. The number of fused-ring (bicyclic) bond motifs is 1. The van der Waals surface area contributed by atoms with E-state index in [0.717, 1.165) is 29.1 Å². The van der Waals surface area contributed by atoms with Crippen LogP contribution in [0.25, 0.3) is 17.2 Å². The first-order valence-corrected chi connectivity index (χ1v) is 11.1. The van der Waals surface area contributed by atoms with Gasteiger partial charge in [-0.15, -0.1) is 0 Å². The van der Waals surface area contributed by atoms with Crippen LogP contribution < -0.4 is 4.74 Å². The molecule has 0 aromatic heterocycles. The molecule has 0 heterocycles. The van der Waals surface area contributed by atoms with E-state index in [9.17, 15) is 4.79 Å². The molecule has 2 aromatic carbocycles. The first-order valence-electron chi connectivity index (χ1n) is 11.1. The molecule has 0 spiro atoms. The molecule has 148 valence electrons. The number of carbonyl (C=O) groups is 1. The van der Waals surface area contributed by atoms with Crippen LogP contribution in [0.4, 0.5) is 0 Å². The van der Waals surface area contributed by atoms with Gasteiger partial charge in [0.05, 0.1) is 7.11 Å². The molecule has 5 aliphatic rings. The third-order valence-corrected chi connectivity index (χ3v) is 8.10. The molecule has 0 unspecified atom stereocenters. The molecule has 4 fully saturated rings. The molecule has 0 N–H and O–H groups in total. The highest BCUT2D eigenvalue weighted by Gasteiger charge is 2.52. The van der Waals surface area contributed by atoms with Crippen molar-refractivity contribution in [3.05, 3.63) is 59.2 Å². The van der Waals surface area contributed by atoms with Crippen molar-refractivity contribution in [1.82, 2.24) is 0 Å². The summed E-state index contributed by atoms with van der Waals surface area (Å²) in [6.07, 6.45) is 12.6. The summed E-state index contributed by atoms with van der Waals surface area (Å²) >= 11 is 0. The van der Waals surface area contributed by atoms with E-state index in [-0.39, 0.29) is 5.78 Å². The maximum Gasteiger partial charge on any atom is 0.160 e. The molecule has 0 amide bonds. The number of rotatable bonds is 3. The fourth-order valence-corrected chi connectivity index (χ4v) is 7.26. The zero-order valence-electron chi connectivity index (χ0n) is 17.1. The van der Waals surface area contributed by atoms with Gasteiger partial charge in [-0.2, -0.15) is 0 Å². The SMILES string of the molecule is COc1ccc(-c2ccc3c(c2)C=CC(=O)C3)cc1C12CC3CC(CC(C3)C1)C2. The van der Waals surface area contributed by atoms with Crippen LogP contribution in [-0.2, 0) is 16.6 Å². The van der Waals surface area contributed by atoms with Gasteiger partial charge in [-0.25, -0.2) is 0 Å². The first-order chi connectivity index (χ1) is 14.1. The predicted molar refractivity (Wildman–Crippen MR) is 116 cm³/mol. The minimum absolute atomic E-state index is 0.193. The molecular formula is C27H28O2. The third-order valence-electron chi connectivity index (χ3n) is 8.10. The molecule has 0 saturated heterocycles. The quantitative estimate of drug-likeness (QED) is 0.652. The maximum absolute atomic E-state index is 11.7. The van der Waals surface area contributed by atoms with Gasteiger partial charge in [0.15, 0.2) is 5.78 Å². The maximum atomic E-state index is 11.7. The van der Waals surface area contributed by atoms with E-state index in [1.54, 1.807) is 6.08 Å². The topological polar surface area (TPSA) is 26.3 Å². The Kier molecular flexibility index (Phi) is 3.82. The Morgan fingerprint density at radius 1 is 0.862 bits per heavy atom. The molecule has 2 aromatic rings. The van der Waals surface area contributed by atoms with Crippen molar-refractivity contribution in [3.8, 4) is 16.9 Å². The zero-order chi connectivity index (χ0) is 19.6. The lowest BCUT2D eigenvalue weighted by Crippen LogP contribution is -2.48. The van der Waals surface area contributed by atoms with Crippen LogP contribution in [0.2, 0.25) is 0 Å². The summed E-state index contributed by atoms with van der Waals surface area (Å²) in [4.78, 5) is 11.7. The molecule has 0 aliphatic heterocycles. The highest BCUT2D eigenvalue weighted by atomic mass is 16.5. The summed E-state index contributed by atoms with van der Waals surface area (Å²) < 4.78 is 5.88. The van der Waals surface area contributed by atoms with Crippen LogP contribution in [0.5, 0.6) is 5.75 Å². The second-order valence-electron chi connectivity index (χ2n) is 10.0. The van der Waals surface area contributed by atoms with Gasteiger partial charge in [0.25, 0.3) is 0 Å². The van der Waals surface area contributed by atoms with Crippen LogP contribution >= 0.6 is 0 Å². The average molecular weight is 385 g/mol. The fraction of sp³-hybridized carbons (Fsp3) is 0.444. The Hall–Kier alpha value is -2.35. The van der Waals surface area contributed by atoms with E-state index in [1.807, 2.05) is 13.2 Å². The number of hydrogen-bond donors (Lipinski definition) is 0. The lowest BCUT2D eigenvalue weighted by atomic mass is 9.48. The van der Waals surface area contributed by atoms with E-state index in [4.69, 9.17) is 4.74 Å². The molecule has 4 bridgehead atoms. The minimum Gasteiger partial charge on any atom is -0.496 e. The second-order valence-corrected chi connectivity index (χ2v) is 10.0. The molecule has 2 nitrogen and oxygen atoms in total. The van der Waals surface area contributed by atoms with Crippen molar-refractivity contribution >= 4 is 11.9 Å². The van der Waals surface area contributed by atoms with Crippen LogP contribution in [0, 0.1) is 17.8 Å². The van der Waals surface area contributed by atoms with Crippen molar-refractivity contribution in [1.29, 1.82) is 0 Å². The van der Waals surface area contributed by atoms with Crippen LogP contribution in [0.15, 0.2) is 42.5 Å². The van der Waals surface area contributed by atoms with Crippen LogP contribution in [0.1, 0.15) is 55.2 Å². The minimum atomic E-state index is 0.193. The molecule has 5 aliphatic carbocycles. The Labute approximate surface area is 173 Å². The Morgan fingerprint density at radius 2 is 1.52 bits per heavy atom. The Morgan fingerprint density at radius 3 is 2.21 bits per heavy atom. The number of allylic oxidation sites excluding steroid dienone is 1. The number of ketones is 1. The second kappa shape index (κ2) is 6.32. The molecule has 7 rings (SSSR count). The zero-order valence-corrected chi connectivity index (χ0v) is 17.1. The number of methoxy groups -OCH3 is 1. The van der Waals surface area contributed by atoms with Crippen molar-refractivity contribution in [2.75, 3.05) is 7.11 Å². The lowest BCUT2D eigenvalue weighted by molar-refractivity contribution is -0.114. The molecule has 2 heteroatoms. The van der Waals surface area contributed by atoms with Gasteiger partial charge in [0, 0.05) is 12.0 Å².